The molecule has 0 saturated heterocycles. The van der Waals surface area contributed by atoms with Gasteiger partial charge in [0.1, 0.15) is 17.1 Å². The van der Waals surface area contributed by atoms with Crippen molar-refractivity contribution in [3.8, 4) is 11.5 Å². The second kappa shape index (κ2) is 8.19. The first-order valence-corrected chi connectivity index (χ1v) is 6.56. The van der Waals surface area contributed by atoms with Crippen LogP contribution in [0.3, 0.4) is 0 Å². The predicted molar refractivity (Wildman–Crippen MR) is 74.6 cm³/mol. The molecule has 1 aromatic carbocycles. The molecule has 0 aliphatic heterocycles. The Morgan fingerprint density at radius 3 is 2.05 bits per heavy atom. The molecule has 0 aromatic heterocycles. The van der Waals surface area contributed by atoms with Crippen molar-refractivity contribution in [2.24, 2.45) is 0 Å². The number of ether oxygens (including phenoxy) is 2. The van der Waals surface area contributed by atoms with Crippen molar-refractivity contribution in [1.29, 1.82) is 0 Å². The summed E-state index contributed by atoms with van der Waals surface area (Å²) in [5, 5.41) is 8.54. The number of methoxy groups -OCH3 is 2. The van der Waals surface area contributed by atoms with Crippen LogP contribution in [0.5, 0.6) is 11.5 Å². The number of carboxylic acid groups (broad SMARTS) is 1. The monoisotopic (exact) mass is 280 g/mol. The third-order valence-corrected chi connectivity index (χ3v) is 3.00. The first kappa shape index (κ1) is 16.0. The van der Waals surface area contributed by atoms with E-state index in [9.17, 15) is 9.59 Å². The Labute approximate surface area is 118 Å². The highest BCUT2D eigenvalue weighted by molar-refractivity contribution is 6.01. The largest absolute Gasteiger partial charge is 0.496 e. The SMILES string of the molecule is COc1cccc(OC)c1C(=O)CCCCCC(=O)O. The molecule has 1 N–H and O–H groups in total. The average molecular weight is 280 g/mol. The molecule has 0 saturated carbocycles. The van der Waals surface area contributed by atoms with Crippen LogP contribution in [0, 0.1) is 0 Å². The van der Waals surface area contributed by atoms with Crippen molar-refractivity contribution in [2.45, 2.75) is 32.1 Å². The van der Waals surface area contributed by atoms with E-state index in [1.54, 1.807) is 18.2 Å². The number of carboxylic acids is 1. The maximum atomic E-state index is 12.2. The molecule has 5 heteroatoms. The number of unbranched alkanes of at least 4 members (excludes halogenated alkanes) is 2. The highest BCUT2D eigenvalue weighted by atomic mass is 16.5. The van der Waals surface area contributed by atoms with Crippen LogP contribution < -0.4 is 9.47 Å². The molecule has 0 atom stereocenters. The predicted octanol–water partition coefficient (Wildman–Crippen LogP) is 2.92. The molecule has 5 nitrogen and oxygen atoms in total. The number of ketones is 1. The van der Waals surface area contributed by atoms with Gasteiger partial charge in [0.25, 0.3) is 0 Å². The lowest BCUT2D eigenvalue weighted by Crippen LogP contribution is -2.05. The minimum Gasteiger partial charge on any atom is -0.496 e. The molecule has 0 radical (unpaired) electrons. The topological polar surface area (TPSA) is 72.8 Å². The molecular formula is C15H20O5. The smallest absolute Gasteiger partial charge is 0.303 e. The van der Waals surface area contributed by atoms with Crippen molar-refractivity contribution < 1.29 is 24.2 Å². The number of benzene rings is 1. The van der Waals surface area contributed by atoms with Gasteiger partial charge in [0.2, 0.25) is 0 Å². The van der Waals surface area contributed by atoms with Gasteiger partial charge in [-0.05, 0) is 25.0 Å². The van der Waals surface area contributed by atoms with Crippen molar-refractivity contribution in [1.82, 2.24) is 0 Å². The van der Waals surface area contributed by atoms with Crippen LogP contribution in [0.4, 0.5) is 0 Å². The van der Waals surface area contributed by atoms with Crippen molar-refractivity contribution in [3.63, 3.8) is 0 Å². The van der Waals surface area contributed by atoms with Gasteiger partial charge in [-0.3, -0.25) is 9.59 Å². The standard InChI is InChI=1S/C15H20O5/c1-19-12-8-6-9-13(20-2)15(12)11(16)7-4-3-5-10-14(17)18/h6,8-9H,3-5,7,10H2,1-2H3,(H,17,18). The lowest BCUT2D eigenvalue weighted by molar-refractivity contribution is -0.137. The van der Waals surface area contributed by atoms with Gasteiger partial charge in [0, 0.05) is 12.8 Å². The summed E-state index contributed by atoms with van der Waals surface area (Å²) in [6, 6.07) is 5.21. The summed E-state index contributed by atoms with van der Waals surface area (Å²) in [4.78, 5) is 22.6. The van der Waals surface area contributed by atoms with E-state index in [2.05, 4.69) is 0 Å². The maximum Gasteiger partial charge on any atom is 0.303 e. The Kier molecular flexibility index (Phi) is 6.56. The third-order valence-electron chi connectivity index (χ3n) is 3.00. The van der Waals surface area contributed by atoms with Gasteiger partial charge in [-0.25, -0.2) is 0 Å². The van der Waals surface area contributed by atoms with Crippen LogP contribution in [-0.4, -0.2) is 31.1 Å². The molecular weight excluding hydrogens is 260 g/mol. The molecule has 0 unspecified atom stereocenters. The number of hydrogen-bond acceptors (Lipinski definition) is 4. The van der Waals surface area contributed by atoms with E-state index in [-0.39, 0.29) is 12.2 Å². The molecule has 1 rings (SSSR count). The third kappa shape index (κ3) is 4.57. The van der Waals surface area contributed by atoms with Crippen LogP contribution in [0.15, 0.2) is 18.2 Å². The molecule has 0 spiro atoms. The number of rotatable bonds is 9. The fourth-order valence-electron chi connectivity index (χ4n) is 1.99. The fraction of sp³-hybridized carbons (Fsp3) is 0.467. The minimum absolute atomic E-state index is 0.0466. The Morgan fingerprint density at radius 2 is 1.55 bits per heavy atom. The normalized spacial score (nSPS) is 10.1. The second-order valence-electron chi connectivity index (χ2n) is 4.42. The number of carbonyl (C=O) groups excluding carboxylic acids is 1. The summed E-state index contributed by atoms with van der Waals surface area (Å²) in [6.45, 7) is 0. The lowest BCUT2D eigenvalue weighted by atomic mass is 10.0. The van der Waals surface area contributed by atoms with E-state index in [1.165, 1.54) is 14.2 Å². The van der Waals surface area contributed by atoms with Gasteiger partial charge in [-0.2, -0.15) is 0 Å². The molecule has 20 heavy (non-hydrogen) atoms. The molecule has 0 heterocycles. The highest BCUT2D eigenvalue weighted by Gasteiger charge is 2.17. The molecule has 0 aliphatic rings. The quantitative estimate of drug-likeness (QED) is 0.556. The van der Waals surface area contributed by atoms with E-state index in [1.807, 2.05) is 0 Å². The summed E-state index contributed by atoms with van der Waals surface area (Å²) >= 11 is 0. The van der Waals surface area contributed by atoms with Crippen molar-refractivity contribution in [3.05, 3.63) is 23.8 Å². The van der Waals surface area contributed by atoms with Crippen LogP contribution in [0.2, 0.25) is 0 Å². The van der Waals surface area contributed by atoms with E-state index >= 15 is 0 Å². The second-order valence-corrected chi connectivity index (χ2v) is 4.42. The highest BCUT2D eigenvalue weighted by Crippen LogP contribution is 2.29. The van der Waals surface area contributed by atoms with Crippen LogP contribution in [-0.2, 0) is 4.79 Å². The Balaban J connectivity index is 2.61. The maximum absolute atomic E-state index is 12.2. The zero-order valence-corrected chi connectivity index (χ0v) is 11.8. The number of carbonyl (C=O) groups is 2. The molecule has 0 bridgehead atoms. The first-order valence-electron chi connectivity index (χ1n) is 6.56. The fourth-order valence-corrected chi connectivity index (χ4v) is 1.99. The molecule has 0 amide bonds. The van der Waals surface area contributed by atoms with Crippen LogP contribution >= 0.6 is 0 Å². The minimum atomic E-state index is -0.803. The average Bonchev–Trinajstić information content (AvgIpc) is 2.45. The number of aliphatic carboxylic acids is 1. The summed E-state index contributed by atoms with van der Waals surface area (Å²) < 4.78 is 10.4. The lowest BCUT2D eigenvalue weighted by Gasteiger charge is -2.11. The van der Waals surface area contributed by atoms with Crippen molar-refractivity contribution in [2.75, 3.05) is 14.2 Å². The zero-order valence-electron chi connectivity index (χ0n) is 11.8. The van der Waals surface area contributed by atoms with E-state index in [4.69, 9.17) is 14.6 Å². The number of hydrogen-bond donors (Lipinski definition) is 1. The van der Waals surface area contributed by atoms with Gasteiger partial charge in [0.15, 0.2) is 5.78 Å². The van der Waals surface area contributed by atoms with Gasteiger partial charge < -0.3 is 14.6 Å². The molecule has 110 valence electrons. The summed E-state index contributed by atoms with van der Waals surface area (Å²) in [6.07, 6.45) is 2.47. The molecule has 1 aromatic rings. The van der Waals surface area contributed by atoms with Gasteiger partial charge >= 0.3 is 5.97 Å². The zero-order chi connectivity index (χ0) is 15.0. The Morgan fingerprint density at radius 1 is 1.00 bits per heavy atom. The van der Waals surface area contributed by atoms with E-state index < -0.39 is 5.97 Å². The van der Waals surface area contributed by atoms with E-state index in [0.29, 0.717) is 36.3 Å². The van der Waals surface area contributed by atoms with Gasteiger partial charge in [-0.1, -0.05) is 12.5 Å². The molecule has 0 fully saturated rings. The van der Waals surface area contributed by atoms with Gasteiger partial charge in [0.05, 0.1) is 14.2 Å². The van der Waals surface area contributed by atoms with Gasteiger partial charge in [-0.15, -0.1) is 0 Å². The summed E-state index contributed by atoms with van der Waals surface area (Å²) in [5.74, 6) is 0.150. The molecule has 0 aliphatic carbocycles. The van der Waals surface area contributed by atoms with E-state index in [0.717, 1.165) is 6.42 Å². The van der Waals surface area contributed by atoms with Crippen LogP contribution in [0.1, 0.15) is 42.5 Å². The first-order chi connectivity index (χ1) is 9.60. The number of Topliss-reactive ketones (excluding diaryl/α,β-unsaturated/α-hetero) is 1. The van der Waals surface area contributed by atoms with Crippen LogP contribution in [0.25, 0.3) is 0 Å². The Hall–Kier alpha value is -2.04. The Bertz CT molecular complexity index is 445. The summed E-state index contributed by atoms with van der Waals surface area (Å²) in [5.41, 5.74) is 0.454. The summed E-state index contributed by atoms with van der Waals surface area (Å²) in [7, 11) is 3.02. The van der Waals surface area contributed by atoms with Crippen molar-refractivity contribution >= 4 is 11.8 Å².